The monoisotopic (exact) mass is 548 g/mol. The predicted octanol–water partition coefficient (Wildman–Crippen LogP) is 7.45. The van der Waals surface area contributed by atoms with Crippen molar-refractivity contribution in [1.29, 1.82) is 0 Å². The Morgan fingerprint density at radius 2 is 1.62 bits per heavy atom. The van der Waals surface area contributed by atoms with Crippen LogP contribution in [0.5, 0.6) is 0 Å². The number of hydrogen-bond acceptors (Lipinski definition) is 4. The summed E-state index contributed by atoms with van der Waals surface area (Å²) in [6.45, 7) is 29.2. The first-order valence-corrected chi connectivity index (χ1v) is 20.4. The lowest BCUT2D eigenvalue weighted by molar-refractivity contribution is -0.155. The van der Waals surface area contributed by atoms with Crippen LogP contribution >= 0.6 is 0 Å². The van der Waals surface area contributed by atoms with E-state index >= 15 is 0 Å². The fraction of sp³-hybridized carbons (Fsp3) is 0.839. The van der Waals surface area contributed by atoms with E-state index in [0.717, 1.165) is 18.4 Å². The van der Waals surface area contributed by atoms with Gasteiger partial charge in [0, 0.05) is 12.8 Å². The highest BCUT2D eigenvalue weighted by atomic mass is 28.3. The molecule has 0 aliphatic heterocycles. The number of esters is 1. The molecule has 3 aliphatic rings. The molecule has 0 N–H and O–H groups in total. The molecule has 0 heterocycles. The minimum absolute atomic E-state index is 0.00357. The molecule has 0 saturated heterocycles. The van der Waals surface area contributed by atoms with E-state index in [1.54, 1.807) is 0 Å². The van der Waals surface area contributed by atoms with Gasteiger partial charge in [0.2, 0.25) is 0 Å². The molecule has 0 amide bonds. The van der Waals surface area contributed by atoms with Crippen LogP contribution < -0.4 is 0 Å². The highest BCUT2D eigenvalue weighted by Gasteiger charge is 2.65. The zero-order chi connectivity index (χ0) is 28.0. The summed E-state index contributed by atoms with van der Waals surface area (Å²) in [5.74, 6) is 1.33. The Morgan fingerprint density at radius 3 is 2.08 bits per heavy atom. The highest BCUT2D eigenvalue weighted by Crippen LogP contribution is 2.62. The molecule has 212 valence electrons. The molecule has 0 aromatic carbocycles. The summed E-state index contributed by atoms with van der Waals surface area (Å²) in [5, 5.41) is 0. The lowest BCUT2D eigenvalue weighted by Crippen LogP contribution is -2.51. The summed E-state index contributed by atoms with van der Waals surface area (Å²) in [7, 11) is -2.72. The lowest BCUT2D eigenvalue weighted by atomic mass is 9.66. The van der Waals surface area contributed by atoms with E-state index in [4.69, 9.17) is 13.6 Å². The lowest BCUT2D eigenvalue weighted by Gasteiger charge is -2.49. The van der Waals surface area contributed by atoms with Crippen molar-refractivity contribution >= 4 is 24.0 Å². The second-order valence-electron chi connectivity index (χ2n) is 14.9. The van der Waals surface area contributed by atoms with Crippen molar-refractivity contribution in [3.63, 3.8) is 0 Å². The van der Waals surface area contributed by atoms with E-state index in [2.05, 4.69) is 86.5 Å². The summed E-state index contributed by atoms with van der Waals surface area (Å²) in [4.78, 5) is 12.2. The molecule has 3 saturated carbocycles. The summed E-state index contributed by atoms with van der Waals surface area (Å²) in [5.41, 5.74) is 0.396. The average molecular weight is 549 g/mol. The molecule has 0 radical (unpaired) electrons. The molecular formula is C31H56O4Si2. The van der Waals surface area contributed by atoms with Crippen molar-refractivity contribution in [3.8, 4) is 0 Å². The summed E-state index contributed by atoms with van der Waals surface area (Å²) in [6, 6.07) is 0. The minimum Gasteiger partial charge on any atom is -0.455 e. The molecule has 3 rings (SSSR count). The number of rotatable bonds is 8. The fourth-order valence-electron chi connectivity index (χ4n) is 8.03. The van der Waals surface area contributed by atoms with Gasteiger partial charge in [-0.1, -0.05) is 73.1 Å². The molecule has 0 aromatic heterocycles. The highest BCUT2D eigenvalue weighted by molar-refractivity contribution is 6.48. The van der Waals surface area contributed by atoms with Crippen LogP contribution in [-0.2, 0) is 18.4 Å². The third kappa shape index (κ3) is 6.07. The second kappa shape index (κ2) is 11.1. The van der Waals surface area contributed by atoms with E-state index in [-0.39, 0.29) is 34.4 Å². The van der Waals surface area contributed by atoms with Crippen LogP contribution in [0.15, 0.2) is 24.3 Å². The smallest absolute Gasteiger partial charge is 0.303 e. The van der Waals surface area contributed by atoms with E-state index in [1.807, 2.05) is 0 Å². The molecular weight excluding hydrogens is 493 g/mol. The molecule has 6 atom stereocenters. The van der Waals surface area contributed by atoms with Gasteiger partial charge in [-0.2, -0.15) is 0 Å². The van der Waals surface area contributed by atoms with Crippen LogP contribution in [-0.4, -0.2) is 41.4 Å². The van der Waals surface area contributed by atoms with Crippen LogP contribution in [0.3, 0.4) is 0 Å². The number of carbonyl (C=O) groups is 1. The Morgan fingerprint density at radius 1 is 1.03 bits per heavy atom. The van der Waals surface area contributed by atoms with Crippen molar-refractivity contribution < 1.29 is 18.4 Å². The Labute approximate surface area is 231 Å². The van der Waals surface area contributed by atoms with E-state index < -0.39 is 23.7 Å². The zero-order valence-electron chi connectivity index (χ0n) is 25.8. The minimum atomic E-state index is -1.42. The van der Waals surface area contributed by atoms with Crippen molar-refractivity contribution in [2.24, 2.45) is 34.5 Å². The Kier molecular flexibility index (Phi) is 9.21. The molecule has 37 heavy (non-hydrogen) atoms. The molecule has 3 fully saturated rings. The molecule has 3 aliphatic carbocycles. The van der Waals surface area contributed by atoms with Gasteiger partial charge < -0.3 is 13.6 Å². The van der Waals surface area contributed by atoms with Crippen LogP contribution in [0.25, 0.3) is 0 Å². The van der Waals surface area contributed by atoms with E-state index in [9.17, 15) is 4.79 Å². The Bertz CT molecular complexity index is 861. The van der Waals surface area contributed by atoms with Gasteiger partial charge in [-0.3, -0.25) is 4.79 Å². The van der Waals surface area contributed by atoms with E-state index in [1.165, 1.54) is 32.6 Å². The van der Waals surface area contributed by atoms with Crippen molar-refractivity contribution in [2.75, 3.05) is 0 Å². The van der Waals surface area contributed by atoms with Gasteiger partial charge >= 0.3 is 5.97 Å². The number of carbonyl (C=O) groups excluding carboxylic acids is 1. The van der Waals surface area contributed by atoms with Gasteiger partial charge in [-0.15, -0.1) is 0 Å². The molecule has 0 spiro atoms. The number of allylic oxidation sites excluding steroid dienone is 1. The van der Waals surface area contributed by atoms with Crippen molar-refractivity contribution in [2.45, 2.75) is 130 Å². The molecule has 4 nitrogen and oxygen atoms in total. The zero-order valence-corrected chi connectivity index (χ0v) is 28.1. The first-order chi connectivity index (χ1) is 16.9. The summed E-state index contributed by atoms with van der Waals surface area (Å²) in [6.07, 6.45) is 11.6. The van der Waals surface area contributed by atoms with Gasteiger partial charge in [0.15, 0.2) is 24.2 Å². The average Bonchev–Trinajstić information content (AvgIpc) is 3.40. The van der Waals surface area contributed by atoms with E-state index in [0.29, 0.717) is 17.8 Å². The second-order valence-corrected chi connectivity index (χ2v) is 19.6. The fourth-order valence-corrected chi connectivity index (χ4v) is 10.7. The number of hydrogen-bond donors (Lipinski definition) is 0. The quantitative estimate of drug-likeness (QED) is 0.180. The van der Waals surface area contributed by atoms with Crippen LogP contribution in [0.1, 0.15) is 87.0 Å². The predicted molar refractivity (Wildman–Crippen MR) is 160 cm³/mol. The van der Waals surface area contributed by atoms with Crippen molar-refractivity contribution in [3.05, 3.63) is 24.3 Å². The largest absolute Gasteiger partial charge is 0.455 e. The topological polar surface area (TPSA) is 44.8 Å². The SMILES string of the molecule is C=C1C[C@H]2[C@@H](C=C[C@@](O[SiH](C)C)(C3CCCC3)C(C)(C)C)[C@H](C(C)(C)C)C[C@@]2(O[SiH](C)C)C1OC(C)=O. The third-order valence-corrected chi connectivity index (χ3v) is 11.1. The van der Waals surface area contributed by atoms with Gasteiger partial charge in [0.1, 0.15) is 5.60 Å². The summed E-state index contributed by atoms with van der Waals surface area (Å²) < 4.78 is 20.1. The normalized spacial score (nSPS) is 33.1. The maximum Gasteiger partial charge on any atom is 0.303 e. The molecule has 0 aromatic rings. The Balaban J connectivity index is 2.14. The van der Waals surface area contributed by atoms with Gasteiger partial charge in [0.25, 0.3) is 0 Å². The first kappa shape index (κ1) is 30.8. The molecule has 1 unspecified atom stereocenters. The Hall–Kier alpha value is -0.696. The van der Waals surface area contributed by atoms with Gasteiger partial charge in [-0.25, -0.2) is 0 Å². The number of fused-ring (bicyclic) bond motifs is 1. The van der Waals surface area contributed by atoms with Crippen LogP contribution in [0.2, 0.25) is 26.2 Å². The number of ether oxygens (including phenoxy) is 1. The van der Waals surface area contributed by atoms with Gasteiger partial charge in [-0.05, 0) is 86.0 Å². The van der Waals surface area contributed by atoms with Crippen LogP contribution in [0, 0.1) is 34.5 Å². The summed E-state index contributed by atoms with van der Waals surface area (Å²) >= 11 is 0. The van der Waals surface area contributed by atoms with Crippen LogP contribution in [0.4, 0.5) is 0 Å². The maximum absolute atomic E-state index is 12.2. The first-order valence-electron chi connectivity index (χ1n) is 14.8. The van der Waals surface area contributed by atoms with Gasteiger partial charge in [0.05, 0.1) is 5.60 Å². The maximum atomic E-state index is 12.2. The third-order valence-electron chi connectivity index (χ3n) is 9.37. The standard InChI is InChI=1S/C31H56O4Si2/c1-21-19-25-24(17-18-31(29(6,7)8,35-37(11)12)23-15-13-14-16-23)26(28(3,4)5)20-30(25,34-36(9)10)27(21)33-22(2)32/h17-18,23-27,36-37H,1,13-16,19-20H2,2-12H3/t24-,25+,26-,27?,30+,31-/m1/s1. The molecule has 6 heteroatoms. The molecule has 0 bridgehead atoms. The van der Waals surface area contributed by atoms with Crippen molar-refractivity contribution in [1.82, 2.24) is 0 Å².